The quantitative estimate of drug-likeness (QED) is 0.375. The first-order valence-electron chi connectivity index (χ1n) is 8.13. The van der Waals surface area contributed by atoms with Crippen molar-refractivity contribution in [3.05, 3.63) is 81.0 Å². The first-order valence-corrected chi connectivity index (χ1v) is 9.26. The van der Waals surface area contributed by atoms with Crippen LogP contribution in [0.4, 0.5) is 10.2 Å². The van der Waals surface area contributed by atoms with Gasteiger partial charge in [0, 0.05) is 27.5 Å². The van der Waals surface area contributed by atoms with Crippen LogP contribution in [0.25, 0.3) is 22.0 Å². The van der Waals surface area contributed by atoms with Gasteiger partial charge in [0.25, 0.3) is 0 Å². The van der Waals surface area contributed by atoms with Gasteiger partial charge in [-0.3, -0.25) is 5.10 Å². The lowest BCUT2D eigenvalue weighted by Gasteiger charge is -2.08. The summed E-state index contributed by atoms with van der Waals surface area (Å²) < 4.78 is 14.8. The van der Waals surface area contributed by atoms with Gasteiger partial charge in [-0.25, -0.2) is 4.39 Å². The van der Waals surface area contributed by atoms with Crippen LogP contribution in [-0.2, 0) is 6.54 Å². The lowest BCUT2D eigenvalue weighted by molar-refractivity contribution is 0.637. The standard InChI is InChI=1S/C20H13Cl3FN3/c21-13-6-11(7-14(22)8-13)10-25-20-16-9-15(12-4-2-1-3-5-12)17(23)18(24)19(16)26-27-20/h1-9H,10H2,(H2,25,26,27). The normalized spacial score (nSPS) is 11.1. The monoisotopic (exact) mass is 419 g/mol. The van der Waals surface area contributed by atoms with Crippen LogP contribution in [0.1, 0.15) is 5.56 Å². The van der Waals surface area contributed by atoms with E-state index in [0.717, 1.165) is 11.1 Å². The molecule has 27 heavy (non-hydrogen) atoms. The summed E-state index contributed by atoms with van der Waals surface area (Å²) in [7, 11) is 0. The Morgan fingerprint density at radius 3 is 2.37 bits per heavy atom. The molecule has 3 nitrogen and oxygen atoms in total. The van der Waals surface area contributed by atoms with Gasteiger partial charge >= 0.3 is 0 Å². The summed E-state index contributed by atoms with van der Waals surface area (Å²) in [6.45, 7) is 0.436. The van der Waals surface area contributed by atoms with E-state index in [1.807, 2.05) is 48.5 Å². The second-order valence-electron chi connectivity index (χ2n) is 6.04. The van der Waals surface area contributed by atoms with E-state index in [1.165, 1.54) is 0 Å². The van der Waals surface area contributed by atoms with E-state index in [-0.39, 0.29) is 10.5 Å². The van der Waals surface area contributed by atoms with Gasteiger partial charge in [0.2, 0.25) is 0 Å². The van der Waals surface area contributed by atoms with Gasteiger partial charge in [0.15, 0.2) is 11.6 Å². The molecule has 0 saturated heterocycles. The molecule has 0 saturated carbocycles. The molecule has 1 aromatic heterocycles. The zero-order valence-corrected chi connectivity index (χ0v) is 16.1. The maximum atomic E-state index is 14.8. The molecule has 7 heteroatoms. The molecular weight excluding hydrogens is 408 g/mol. The number of nitrogens with one attached hydrogen (secondary N) is 2. The highest BCUT2D eigenvalue weighted by atomic mass is 35.5. The Bertz CT molecular complexity index is 1110. The molecule has 0 unspecified atom stereocenters. The molecule has 0 atom stereocenters. The van der Waals surface area contributed by atoms with Crippen molar-refractivity contribution in [2.24, 2.45) is 0 Å². The maximum Gasteiger partial charge on any atom is 0.168 e. The molecule has 0 aliphatic rings. The Hall–Kier alpha value is -2.27. The van der Waals surface area contributed by atoms with Crippen molar-refractivity contribution in [1.82, 2.24) is 10.2 Å². The fraction of sp³-hybridized carbons (Fsp3) is 0.0500. The van der Waals surface area contributed by atoms with E-state index in [9.17, 15) is 4.39 Å². The van der Waals surface area contributed by atoms with Gasteiger partial charge in [-0.05, 0) is 35.4 Å². The molecule has 4 rings (SSSR count). The Balaban J connectivity index is 1.73. The highest BCUT2D eigenvalue weighted by Crippen LogP contribution is 2.37. The molecule has 0 fully saturated rings. The number of aromatic nitrogens is 2. The number of fused-ring (bicyclic) bond motifs is 1. The second kappa shape index (κ2) is 7.39. The molecule has 0 amide bonds. The number of hydrogen-bond acceptors (Lipinski definition) is 2. The van der Waals surface area contributed by atoms with Gasteiger partial charge in [-0.15, -0.1) is 0 Å². The van der Waals surface area contributed by atoms with E-state index in [4.69, 9.17) is 34.8 Å². The third kappa shape index (κ3) is 3.61. The number of aromatic amines is 1. The number of rotatable bonds is 4. The Labute approximate surface area is 170 Å². The van der Waals surface area contributed by atoms with Gasteiger partial charge in [0.1, 0.15) is 5.52 Å². The SMILES string of the molecule is Fc1c(Cl)c(-c2ccccc2)cc2c(NCc3cc(Cl)cc(Cl)c3)n[nH]c12. The number of hydrogen-bond donors (Lipinski definition) is 2. The molecule has 0 bridgehead atoms. The van der Waals surface area contributed by atoms with E-state index in [1.54, 1.807) is 6.07 Å². The van der Waals surface area contributed by atoms with Crippen LogP contribution in [-0.4, -0.2) is 10.2 Å². The Morgan fingerprint density at radius 2 is 1.67 bits per heavy atom. The van der Waals surface area contributed by atoms with Gasteiger partial charge in [-0.2, -0.15) is 5.10 Å². The predicted molar refractivity (Wildman–Crippen MR) is 110 cm³/mol. The van der Waals surface area contributed by atoms with Gasteiger partial charge < -0.3 is 5.32 Å². The average molecular weight is 421 g/mol. The number of halogens is 4. The van der Waals surface area contributed by atoms with Crippen LogP contribution in [0.15, 0.2) is 54.6 Å². The van der Waals surface area contributed by atoms with Gasteiger partial charge in [0.05, 0.1) is 5.02 Å². The van der Waals surface area contributed by atoms with Crippen LogP contribution in [0, 0.1) is 5.82 Å². The Kier molecular flexibility index (Phi) is 4.96. The molecule has 3 aromatic carbocycles. The summed E-state index contributed by atoms with van der Waals surface area (Å²) >= 11 is 18.3. The number of benzene rings is 3. The lowest BCUT2D eigenvalue weighted by atomic mass is 10.0. The van der Waals surface area contributed by atoms with Crippen LogP contribution in [0.5, 0.6) is 0 Å². The van der Waals surface area contributed by atoms with Crippen molar-refractivity contribution in [1.29, 1.82) is 0 Å². The molecule has 0 aliphatic heterocycles. The third-order valence-corrected chi connectivity index (χ3v) is 5.01. The van der Waals surface area contributed by atoms with Crippen molar-refractivity contribution >= 4 is 51.5 Å². The molecule has 2 N–H and O–H groups in total. The van der Waals surface area contributed by atoms with Crippen LogP contribution < -0.4 is 5.32 Å². The fourth-order valence-corrected chi connectivity index (χ4v) is 3.78. The topological polar surface area (TPSA) is 40.7 Å². The van der Waals surface area contributed by atoms with Crippen molar-refractivity contribution in [2.45, 2.75) is 6.54 Å². The van der Waals surface area contributed by atoms with Crippen molar-refractivity contribution < 1.29 is 4.39 Å². The van der Waals surface area contributed by atoms with Crippen LogP contribution >= 0.6 is 34.8 Å². The summed E-state index contributed by atoms with van der Waals surface area (Å²) in [5.41, 5.74) is 2.59. The van der Waals surface area contributed by atoms with E-state index in [2.05, 4.69) is 15.5 Å². The molecule has 136 valence electrons. The van der Waals surface area contributed by atoms with Crippen molar-refractivity contribution in [3.63, 3.8) is 0 Å². The Morgan fingerprint density at radius 1 is 0.963 bits per heavy atom. The first-order chi connectivity index (χ1) is 13.0. The zero-order valence-electron chi connectivity index (χ0n) is 13.9. The average Bonchev–Trinajstić information content (AvgIpc) is 3.06. The zero-order chi connectivity index (χ0) is 19.0. The first kappa shape index (κ1) is 18.1. The molecule has 0 radical (unpaired) electrons. The highest BCUT2D eigenvalue weighted by molar-refractivity contribution is 6.35. The lowest BCUT2D eigenvalue weighted by Crippen LogP contribution is -2.00. The highest BCUT2D eigenvalue weighted by Gasteiger charge is 2.17. The fourth-order valence-electron chi connectivity index (χ4n) is 2.96. The summed E-state index contributed by atoms with van der Waals surface area (Å²) in [5.74, 6) is -0.00628. The van der Waals surface area contributed by atoms with E-state index < -0.39 is 5.82 Å². The maximum absolute atomic E-state index is 14.8. The summed E-state index contributed by atoms with van der Waals surface area (Å²) in [6.07, 6.45) is 0. The molecule has 0 spiro atoms. The van der Waals surface area contributed by atoms with Gasteiger partial charge in [-0.1, -0.05) is 65.1 Å². The molecule has 4 aromatic rings. The van der Waals surface area contributed by atoms with E-state index >= 15 is 0 Å². The minimum Gasteiger partial charge on any atom is -0.364 e. The summed E-state index contributed by atoms with van der Waals surface area (Å²) in [6, 6.07) is 16.5. The van der Waals surface area contributed by atoms with Crippen LogP contribution in [0.3, 0.4) is 0 Å². The minimum absolute atomic E-state index is 0.0607. The number of anilines is 1. The molecule has 0 aliphatic carbocycles. The second-order valence-corrected chi connectivity index (χ2v) is 7.29. The number of H-pyrrole nitrogens is 1. The van der Waals surface area contributed by atoms with E-state index in [0.29, 0.717) is 33.4 Å². The van der Waals surface area contributed by atoms with Crippen molar-refractivity contribution in [3.8, 4) is 11.1 Å². The predicted octanol–water partition coefficient (Wildman–Crippen LogP) is 6.94. The van der Waals surface area contributed by atoms with Crippen LogP contribution in [0.2, 0.25) is 15.1 Å². The number of nitrogens with zero attached hydrogens (tertiary/aromatic N) is 1. The minimum atomic E-state index is -0.528. The summed E-state index contributed by atoms with van der Waals surface area (Å²) in [4.78, 5) is 0. The largest absolute Gasteiger partial charge is 0.364 e. The smallest absolute Gasteiger partial charge is 0.168 e. The van der Waals surface area contributed by atoms with Crippen molar-refractivity contribution in [2.75, 3.05) is 5.32 Å². The summed E-state index contributed by atoms with van der Waals surface area (Å²) in [5, 5.41) is 11.9. The molecule has 1 heterocycles. The third-order valence-electron chi connectivity index (χ3n) is 4.21. The molecular formula is C20H13Cl3FN3.